The quantitative estimate of drug-likeness (QED) is 0.371. The predicted octanol–water partition coefficient (Wildman–Crippen LogP) is 1.18. The van der Waals surface area contributed by atoms with Crippen LogP contribution in [0, 0.1) is 10.1 Å². The van der Waals surface area contributed by atoms with Gasteiger partial charge in [0.05, 0.1) is 0 Å². The highest BCUT2D eigenvalue weighted by Crippen LogP contribution is 1.95. The minimum atomic E-state index is -1.50. The molecule has 0 aliphatic rings. The molecule has 68 valence electrons. The van der Waals surface area contributed by atoms with Crippen molar-refractivity contribution in [3.8, 4) is 0 Å². The highest BCUT2D eigenvalue weighted by Gasteiger charge is 1.80. The molecule has 0 saturated carbocycles. The number of rotatable bonds is 4. The second kappa shape index (κ2) is 11.9. The summed E-state index contributed by atoms with van der Waals surface area (Å²) < 4.78 is 0. The summed E-state index contributed by atoms with van der Waals surface area (Å²) in [5, 5.41) is 13.6. The van der Waals surface area contributed by atoms with Gasteiger partial charge in [-0.15, -0.1) is 10.1 Å². The summed E-state index contributed by atoms with van der Waals surface area (Å²) in [7, 11) is 0. The SMILES string of the molecule is CCCCCCN.O=[N+]([O-])O. The molecule has 0 fully saturated rings. The smallest absolute Gasteiger partial charge is 0.291 e. The average Bonchev–Trinajstić information content (AvgIpc) is 1.88. The molecule has 0 aromatic rings. The molecule has 0 unspecified atom stereocenters. The van der Waals surface area contributed by atoms with Crippen molar-refractivity contribution in [3.05, 3.63) is 10.1 Å². The first kappa shape index (κ1) is 12.8. The van der Waals surface area contributed by atoms with Crippen LogP contribution < -0.4 is 5.73 Å². The van der Waals surface area contributed by atoms with Crippen LogP contribution in [0.3, 0.4) is 0 Å². The van der Waals surface area contributed by atoms with E-state index in [1.807, 2.05) is 0 Å². The third-order valence-corrected chi connectivity index (χ3v) is 1.06. The minimum absolute atomic E-state index is 0.861. The van der Waals surface area contributed by atoms with Crippen LogP contribution in [-0.2, 0) is 0 Å². The summed E-state index contributed by atoms with van der Waals surface area (Å²) in [6.07, 6.45) is 5.16. The van der Waals surface area contributed by atoms with Gasteiger partial charge < -0.3 is 10.9 Å². The van der Waals surface area contributed by atoms with Crippen LogP contribution in [0.2, 0.25) is 0 Å². The van der Waals surface area contributed by atoms with Crippen LogP contribution >= 0.6 is 0 Å². The first-order valence-corrected chi connectivity index (χ1v) is 3.68. The van der Waals surface area contributed by atoms with Crippen LogP contribution in [0.5, 0.6) is 0 Å². The lowest BCUT2D eigenvalue weighted by atomic mass is 10.2. The first-order valence-electron chi connectivity index (χ1n) is 3.68. The van der Waals surface area contributed by atoms with Crippen molar-refractivity contribution in [1.29, 1.82) is 0 Å². The normalized spacial score (nSPS) is 8.18. The van der Waals surface area contributed by atoms with E-state index in [0.717, 1.165) is 6.54 Å². The number of nitrogens with two attached hydrogens (primary N) is 1. The molecular formula is C6H16N2O3. The lowest BCUT2D eigenvalue weighted by Crippen LogP contribution is -1.97. The van der Waals surface area contributed by atoms with Gasteiger partial charge >= 0.3 is 0 Å². The van der Waals surface area contributed by atoms with Gasteiger partial charge in [0.1, 0.15) is 0 Å². The van der Waals surface area contributed by atoms with Crippen molar-refractivity contribution in [2.75, 3.05) is 6.54 Å². The molecule has 0 aliphatic heterocycles. The molecule has 0 rings (SSSR count). The Morgan fingerprint density at radius 2 is 1.91 bits per heavy atom. The van der Waals surface area contributed by atoms with Gasteiger partial charge in [0, 0.05) is 0 Å². The molecule has 0 heterocycles. The van der Waals surface area contributed by atoms with E-state index in [4.69, 9.17) is 21.1 Å². The van der Waals surface area contributed by atoms with Crippen molar-refractivity contribution < 1.29 is 10.3 Å². The zero-order chi connectivity index (χ0) is 9.11. The summed E-state index contributed by atoms with van der Waals surface area (Å²) in [4.78, 5) is 8.36. The molecule has 0 bridgehead atoms. The van der Waals surface area contributed by atoms with Gasteiger partial charge in [0.15, 0.2) is 0 Å². The molecule has 5 heteroatoms. The lowest BCUT2D eigenvalue weighted by molar-refractivity contribution is -0.742. The molecule has 0 spiro atoms. The van der Waals surface area contributed by atoms with Gasteiger partial charge in [0.2, 0.25) is 0 Å². The Morgan fingerprint density at radius 1 is 1.45 bits per heavy atom. The molecule has 11 heavy (non-hydrogen) atoms. The monoisotopic (exact) mass is 164 g/mol. The van der Waals surface area contributed by atoms with Gasteiger partial charge in [-0.25, -0.2) is 0 Å². The summed E-state index contributed by atoms with van der Waals surface area (Å²) >= 11 is 0. The molecule has 0 aromatic carbocycles. The average molecular weight is 164 g/mol. The van der Waals surface area contributed by atoms with Gasteiger partial charge in [-0.3, -0.25) is 0 Å². The fourth-order valence-electron chi connectivity index (χ4n) is 0.571. The summed E-state index contributed by atoms with van der Waals surface area (Å²) in [6, 6.07) is 0. The second-order valence-electron chi connectivity index (χ2n) is 2.09. The molecular weight excluding hydrogens is 148 g/mol. The maximum absolute atomic E-state index is 8.36. The highest BCUT2D eigenvalue weighted by molar-refractivity contribution is 4.38. The Hall–Kier alpha value is -0.840. The van der Waals surface area contributed by atoms with E-state index in [1.165, 1.54) is 25.7 Å². The van der Waals surface area contributed by atoms with Crippen LogP contribution in [-0.4, -0.2) is 16.8 Å². The van der Waals surface area contributed by atoms with E-state index in [-0.39, 0.29) is 0 Å². The van der Waals surface area contributed by atoms with Gasteiger partial charge in [-0.05, 0) is 13.0 Å². The van der Waals surface area contributed by atoms with Gasteiger partial charge in [0.25, 0.3) is 5.09 Å². The lowest BCUT2D eigenvalue weighted by Gasteiger charge is -1.90. The molecule has 0 amide bonds. The van der Waals surface area contributed by atoms with Crippen LogP contribution in [0.1, 0.15) is 32.6 Å². The molecule has 0 aromatic heterocycles. The number of unbranched alkanes of at least 4 members (excludes halogenated alkanes) is 3. The first-order chi connectivity index (χ1) is 5.15. The third-order valence-electron chi connectivity index (χ3n) is 1.06. The third kappa shape index (κ3) is 47.0. The van der Waals surface area contributed by atoms with Gasteiger partial charge in [-0.1, -0.05) is 26.2 Å². The summed E-state index contributed by atoms with van der Waals surface area (Å²) in [5.41, 5.74) is 5.27. The highest BCUT2D eigenvalue weighted by atomic mass is 16.9. The Bertz CT molecular complexity index is 79.9. The molecule has 0 saturated heterocycles. The zero-order valence-electron chi connectivity index (χ0n) is 6.82. The Balaban J connectivity index is 0. The van der Waals surface area contributed by atoms with E-state index in [0.29, 0.717) is 0 Å². The van der Waals surface area contributed by atoms with E-state index < -0.39 is 5.09 Å². The topological polar surface area (TPSA) is 89.4 Å². The molecule has 5 nitrogen and oxygen atoms in total. The fraction of sp³-hybridized carbons (Fsp3) is 1.00. The maximum Gasteiger partial charge on any atom is 0.291 e. The standard InChI is InChI=1S/C6H15N.HNO3/c1-2-3-4-5-6-7;2-1(3)4/h2-7H2,1H3;(H,2,3,4). The van der Waals surface area contributed by atoms with E-state index in [1.54, 1.807) is 0 Å². The Morgan fingerprint density at radius 3 is 2.18 bits per heavy atom. The van der Waals surface area contributed by atoms with Crippen LogP contribution in [0.25, 0.3) is 0 Å². The van der Waals surface area contributed by atoms with Crippen molar-refractivity contribution in [1.82, 2.24) is 0 Å². The molecule has 0 radical (unpaired) electrons. The van der Waals surface area contributed by atoms with Crippen molar-refractivity contribution in [3.63, 3.8) is 0 Å². The van der Waals surface area contributed by atoms with Crippen molar-refractivity contribution in [2.24, 2.45) is 5.73 Å². The Labute approximate surface area is 66.3 Å². The number of hydrogen-bond acceptors (Lipinski definition) is 3. The zero-order valence-corrected chi connectivity index (χ0v) is 6.82. The maximum atomic E-state index is 8.36. The number of hydrogen-bond donors (Lipinski definition) is 2. The molecule has 0 aliphatic carbocycles. The summed E-state index contributed by atoms with van der Waals surface area (Å²) in [5.74, 6) is 0. The van der Waals surface area contributed by atoms with Crippen molar-refractivity contribution in [2.45, 2.75) is 32.6 Å². The largest absolute Gasteiger partial charge is 0.330 e. The predicted molar refractivity (Wildman–Crippen MR) is 42.0 cm³/mol. The minimum Gasteiger partial charge on any atom is -0.330 e. The van der Waals surface area contributed by atoms with E-state index in [9.17, 15) is 0 Å². The van der Waals surface area contributed by atoms with Gasteiger partial charge in [-0.2, -0.15) is 0 Å². The summed E-state index contributed by atoms with van der Waals surface area (Å²) in [6.45, 7) is 3.07. The van der Waals surface area contributed by atoms with Crippen LogP contribution in [0.4, 0.5) is 0 Å². The van der Waals surface area contributed by atoms with Crippen LogP contribution in [0.15, 0.2) is 0 Å². The Kier molecular flexibility index (Phi) is 13.8. The fourth-order valence-corrected chi connectivity index (χ4v) is 0.571. The van der Waals surface area contributed by atoms with E-state index in [2.05, 4.69) is 6.92 Å². The van der Waals surface area contributed by atoms with Crippen molar-refractivity contribution >= 4 is 0 Å². The number of nitrogens with zero attached hydrogens (tertiary/aromatic N) is 1. The molecule has 3 N–H and O–H groups in total. The van der Waals surface area contributed by atoms with E-state index >= 15 is 0 Å². The molecule has 0 atom stereocenters. The second-order valence-corrected chi connectivity index (χ2v) is 2.09.